The van der Waals surface area contributed by atoms with E-state index in [0.29, 0.717) is 0 Å². The lowest BCUT2D eigenvalue weighted by atomic mass is 10.8. The van der Waals surface area contributed by atoms with Crippen LogP contribution in [0.15, 0.2) is 0 Å². The standard InChI is InChI=1S/C5H11O5P.C5H11O3P/c1-8-5(6)4-11(7,9-2)10-3;1-8-5(6)4-9(2,3)7/h4H2,1-3H3;4H2,1-3H3. The highest BCUT2D eigenvalue weighted by molar-refractivity contribution is 7.63. The maximum Gasteiger partial charge on any atom is 0.341 e. The molecule has 0 aliphatic rings. The van der Waals surface area contributed by atoms with Crippen molar-refractivity contribution in [1.82, 2.24) is 0 Å². The lowest BCUT2D eigenvalue weighted by Gasteiger charge is -2.10. The molecular formula is C10H22O8P2. The highest BCUT2D eigenvalue weighted by atomic mass is 31.2. The predicted molar refractivity (Wildman–Crippen MR) is 74.8 cm³/mol. The number of ether oxygens (including phenoxy) is 2. The molecule has 0 radical (unpaired) electrons. The largest absolute Gasteiger partial charge is 0.469 e. The van der Waals surface area contributed by atoms with Gasteiger partial charge >= 0.3 is 19.5 Å². The van der Waals surface area contributed by atoms with Crippen molar-refractivity contribution < 1.29 is 37.2 Å². The summed E-state index contributed by atoms with van der Waals surface area (Å²) in [4.78, 5) is 21.0. The Bertz CT molecular complexity index is 392. The Balaban J connectivity index is 0. The van der Waals surface area contributed by atoms with Crippen LogP contribution in [0.3, 0.4) is 0 Å². The van der Waals surface area contributed by atoms with Crippen molar-refractivity contribution in [3.63, 3.8) is 0 Å². The van der Waals surface area contributed by atoms with Crippen LogP contribution in [-0.2, 0) is 37.2 Å². The number of carbonyl (C=O) groups is 2. The van der Waals surface area contributed by atoms with Gasteiger partial charge in [0.05, 0.1) is 27.5 Å². The van der Waals surface area contributed by atoms with E-state index >= 15 is 0 Å². The van der Waals surface area contributed by atoms with Crippen LogP contribution >= 0.6 is 14.7 Å². The summed E-state index contributed by atoms with van der Waals surface area (Å²) in [5.41, 5.74) is 0. The van der Waals surface area contributed by atoms with Gasteiger partial charge in [0.25, 0.3) is 0 Å². The smallest absolute Gasteiger partial charge is 0.341 e. The maximum absolute atomic E-state index is 11.2. The molecule has 0 saturated carbocycles. The summed E-state index contributed by atoms with van der Waals surface area (Å²) in [6.45, 7) is 3.12. The molecule has 8 nitrogen and oxygen atoms in total. The van der Waals surface area contributed by atoms with Crippen molar-refractivity contribution in [3.05, 3.63) is 0 Å². The van der Waals surface area contributed by atoms with Crippen LogP contribution in [0, 0.1) is 0 Å². The Labute approximate surface area is 119 Å². The molecule has 0 fully saturated rings. The summed E-state index contributed by atoms with van der Waals surface area (Å²) >= 11 is 0. The van der Waals surface area contributed by atoms with Gasteiger partial charge in [-0.1, -0.05) is 0 Å². The van der Waals surface area contributed by atoms with Crippen molar-refractivity contribution in [2.75, 3.05) is 54.1 Å². The van der Waals surface area contributed by atoms with Crippen molar-refractivity contribution in [3.8, 4) is 0 Å². The van der Waals surface area contributed by atoms with E-state index in [1.54, 1.807) is 13.3 Å². The Morgan fingerprint density at radius 2 is 1.15 bits per heavy atom. The summed E-state index contributed by atoms with van der Waals surface area (Å²) in [5, 5.41) is 0. The van der Waals surface area contributed by atoms with Crippen LogP contribution in [0.5, 0.6) is 0 Å². The minimum Gasteiger partial charge on any atom is -0.469 e. The Morgan fingerprint density at radius 3 is 1.35 bits per heavy atom. The lowest BCUT2D eigenvalue weighted by molar-refractivity contribution is -0.138. The average molecular weight is 332 g/mol. The van der Waals surface area contributed by atoms with E-state index in [-0.39, 0.29) is 12.3 Å². The van der Waals surface area contributed by atoms with Crippen molar-refractivity contribution in [2.45, 2.75) is 0 Å². The SMILES string of the molecule is COC(=O)CP(=O)(OC)OC.COC(=O)CP(C)(C)=O. The molecule has 0 spiro atoms. The van der Waals surface area contributed by atoms with Crippen molar-refractivity contribution in [1.29, 1.82) is 0 Å². The molecule has 0 amide bonds. The molecule has 0 N–H and O–H groups in total. The van der Waals surface area contributed by atoms with Crippen LogP contribution in [0.1, 0.15) is 0 Å². The molecule has 10 heteroatoms. The van der Waals surface area contributed by atoms with Gasteiger partial charge in [0, 0.05) is 14.2 Å². The highest BCUT2D eigenvalue weighted by Crippen LogP contribution is 2.45. The molecule has 0 bridgehead atoms. The summed E-state index contributed by atoms with van der Waals surface area (Å²) in [7, 11) is -0.514. The molecule has 0 rings (SSSR count). The molecule has 0 saturated heterocycles. The molecule has 0 heterocycles. The van der Waals surface area contributed by atoms with Crippen molar-refractivity contribution in [2.24, 2.45) is 0 Å². The third-order valence-corrected chi connectivity index (χ3v) is 4.62. The number of methoxy groups -OCH3 is 2. The molecular weight excluding hydrogens is 310 g/mol. The first-order chi connectivity index (χ1) is 9.03. The van der Waals surface area contributed by atoms with Crippen LogP contribution in [-0.4, -0.2) is 66.0 Å². The molecule has 20 heavy (non-hydrogen) atoms. The Kier molecular flexibility index (Phi) is 10.9. The minimum atomic E-state index is -3.23. The van der Waals surface area contributed by atoms with Crippen LogP contribution in [0.4, 0.5) is 0 Å². The molecule has 0 aliphatic heterocycles. The molecule has 0 atom stereocenters. The quantitative estimate of drug-likeness (QED) is 0.531. The van der Waals surface area contributed by atoms with Crippen molar-refractivity contribution >= 4 is 26.7 Å². The number of carbonyl (C=O) groups excluding carboxylic acids is 2. The van der Waals surface area contributed by atoms with Gasteiger partial charge in [0.15, 0.2) is 0 Å². The Morgan fingerprint density at radius 1 is 0.800 bits per heavy atom. The van der Waals surface area contributed by atoms with Gasteiger partial charge < -0.3 is 23.1 Å². The summed E-state index contributed by atoms with van der Waals surface area (Å²) in [6, 6.07) is 0. The van der Waals surface area contributed by atoms with Gasteiger partial charge in [0.2, 0.25) is 0 Å². The summed E-state index contributed by atoms with van der Waals surface area (Å²) < 4.78 is 39.6. The van der Waals surface area contributed by atoms with Gasteiger partial charge in [-0.2, -0.15) is 0 Å². The van der Waals surface area contributed by atoms with Crippen LogP contribution in [0.25, 0.3) is 0 Å². The molecule has 0 aliphatic carbocycles. The van der Waals surface area contributed by atoms with E-state index in [1.807, 2.05) is 0 Å². The second-order valence-corrected chi connectivity index (χ2v) is 9.75. The Hall–Kier alpha value is -0.680. The number of esters is 2. The van der Waals surface area contributed by atoms with E-state index in [9.17, 15) is 18.7 Å². The lowest BCUT2D eigenvalue weighted by Crippen LogP contribution is -2.08. The topological polar surface area (TPSA) is 105 Å². The zero-order chi connectivity index (χ0) is 16.4. The van der Waals surface area contributed by atoms with E-state index in [0.717, 1.165) is 0 Å². The zero-order valence-electron chi connectivity index (χ0n) is 12.6. The van der Waals surface area contributed by atoms with E-state index in [1.165, 1.54) is 28.4 Å². The predicted octanol–water partition coefficient (Wildman–Crippen LogP) is 1.43. The van der Waals surface area contributed by atoms with Gasteiger partial charge in [-0.3, -0.25) is 14.2 Å². The van der Waals surface area contributed by atoms with E-state index < -0.39 is 26.7 Å². The molecule has 120 valence electrons. The van der Waals surface area contributed by atoms with Gasteiger partial charge in [-0.05, 0) is 13.3 Å². The third-order valence-electron chi connectivity index (χ3n) is 1.84. The zero-order valence-corrected chi connectivity index (χ0v) is 14.4. The normalized spacial score (nSPS) is 11.1. The molecule has 0 unspecified atom stereocenters. The maximum atomic E-state index is 11.2. The average Bonchev–Trinajstić information content (AvgIpc) is 2.37. The number of rotatable bonds is 6. The first-order valence-electron chi connectivity index (χ1n) is 5.41. The van der Waals surface area contributed by atoms with Gasteiger partial charge in [-0.15, -0.1) is 0 Å². The monoisotopic (exact) mass is 332 g/mol. The fourth-order valence-corrected chi connectivity index (χ4v) is 2.41. The van der Waals surface area contributed by atoms with Gasteiger partial charge in [-0.25, -0.2) is 0 Å². The molecule has 0 aromatic carbocycles. The van der Waals surface area contributed by atoms with Gasteiger partial charge in [0.1, 0.15) is 6.16 Å². The number of hydrogen-bond acceptors (Lipinski definition) is 8. The molecule has 0 aromatic heterocycles. The summed E-state index contributed by atoms with van der Waals surface area (Å²) in [5.74, 6) is -1.01. The molecule has 0 aromatic rings. The number of hydrogen-bond donors (Lipinski definition) is 0. The fourth-order valence-electron chi connectivity index (χ4n) is 0.802. The summed E-state index contributed by atoms with van der Waals surface area (Å²) in [6.07, 6.45) is -0.306. The van der Waals surface area contributed by atoms with Crippen LogP contribution < -0.4 is 0 Å². The third kappa shape index (κ3) is 12.4. The minimum absolute atomic E-state index is 0.0451. The van der Waals surface area contributed by atoms with Crippen LogP contribution in [0.2, 0.25) is 0 Å². The highest BCUT2D eigenvalue weighted by Gasteiger charge is 2.25. The van der Waals surface area contributed by atoms with E-state index in [2.05, 4.69) is 18.5 Å². The van der Waals surface area contributed by atoms with E-state index in [4.69, 9.17) is 0 Å². The second kappa shape index (κ2) is 10.1. The second-order valence-electron chi connectivity index (χ2n) is 4.02. The fraction of sp³-hybridized carbons (Fsp3) is 0.800. The first-order valence-corrected chi connectivity index (χ1v) is 9.93. The first kappa shape index (κ1) is 21.6.